The zero-order valence-electron chi connectivity index (χ0n) is 14.0. The van der Waals surface area contributed by atoms with Crippen LogP contribution >= 0.6 is 0 Å². The molecule has 1 saturated heterocycles. The molecule has 0 saturated carbocycles. The maximum Gasteiger partial charge on any atom is 0.179 e. The maximum atomic E-state index is 12.6. The lowest BCUT2D eigenvalue weighted by atomic mass is 10.0. The molecule has 21 heavy (non-hydrogen) atoms. The number of piperazine rings is 1. The highest BCUT2D eigenvalue weighted by atomic mass is 16.1. The molecule has 3 nitrogen and oxygen atoms in total. The highest BCUT2D eigenvalue weighted by molar-refractivity contribution is 5.99. The van der Waals surface area contributed by atoms with Gasteiger partial charge >= 0.3 is 0 Å². The van der Waals surface area contributed by atoms with Crippen molar-refractivity contribution in [3.63, 3.8) is 0 Å². The molecular weight excluding hydrogens is 260 g/mol. The van der Waals surface area contributed by atoms with Crippen molar-refractivity contribution in [2.45, 2.75) is 46.2 Å². The van der Waals surface area contributed by atoms with Crippen LogP contribution in [0.15, 0.2) is 24.3 Å². The predicted octanol–water partition coefficient (Wildman–Crippen LogP) is 2.98. The first-order valence-electron chi connectivity index (χ1n) is 7.89. The summed E-state index contributed by atoms with van der Waals surface area (Å²) in [5, 5.41) is 0. The van der Waals surface area contributed by atoms with Gasteiger partial charge in [0.05, 0.1) is 6.04 Å². The second kappa shape index (κ2) is 6.29. The van der Waals surface area contributed by atoms with E-state index in [2.05, 4.69) is 30.6 Å². The molecule has 0 spiro atoms. The van der Waals surface area contributed by atoms with Gasteiger partial charge in [-0.1, -0.05) is 29.8 Å². The molecule has 1 aromatic rings. The normalized spacial score (nSPS) is 19.5. The Morgan fingerprint density at radius 3 is 2.05 bits per heavy atom. The molecule has 0 aromatic heterocycles. The van der Waals surface area contributed by atoms with E-state index in [1.165, 1.54) is 5.56 Å². The molecule has 1 atom stereocenters. The van der Waals surface area contributed by atoms with Crippen molar-refractivity contribution in [1.82, 2.24) is 9.80 Å². The van der Waals surface area contributed by atoms with E-state index < -0.39 is 0 Å². The molecule has 1 fully saturated rings. The van der Waals surface area contributed by atoms with E-state index in [1.54, 1.807) is 0 Å². The molecule has 3 heteroatoms. The zero-order chi connectivity index (χ0) is 15.6. The molecule has 0 bridgehead atoms. The molecule has 2 rings (SSSR count). The van der Waals surface area contributed by atoms with Crippen molar-refractivity contribution in [3.8, 4) is 0 Å². The number of aryl methyl sites for hydroxylation is 1. The monoisotopic (exact) mass is 288 g/mol. The molecular formula is C18H28N2O. The number of ketones is 1. The van der Waals surface area contributed by atoms with Crippen molar-refractivity contribution in [2.75, 3.05) is 26.2 Å². The zero-order valence-corrected chi connectivity index (χ0v) is 14.0. The minimum Gasteiger partial charge on any atom is -0.296 e. The Morgan fingerprint density at radius 1 is 1.05 bits per heavy atom. The lowest BCUT2D eigenvalue weighted by molar-refractivity contribution is 0.0420. The molecule has 1 aliphatic rings. The summed E-state index contributed by atoms with van der Waals surface area (Å²) in [6.45, 7) is 14.9. The standard InChI is InChI=1S/C18H28N2O/c1-14-6-8-16(9-7-14)17(21)15(2)19-10-12-20(13-11-19)18(3,4)5/h6-9,15H,10-13H2,1-5H3. The number of hydrogen-bond donors (Lipinski definition) is 0. The molecule has 1 aliphatic heterocycles. The van der Waals surface area contributed by atoms with Crippen LogP contribution in [0.5, 0.6) is 0 Å². The lowest BCUT2D eigenvalue weighted by Gasteiger charge is -2.43. The number of nitrogens with zero attached hydrogens (tertiary/aromatic N) is 2. The van der Waals surface area contributed by atoms with Gasteiger partial charge in [-0.2, -0.15) is 0 Å². The van der Waals surface area contributed by atoms with Gasteiger partial charge in [-0.25, -0.2) is 0 Å². The van der Waals surface area contributed by atoms with Crippen LogP contribution < -0.4 is 0 Å². The first kappa shape index (κ1) is 16.2. The van der Waals surface area contributed by atoms with Crippen LogP contribution in [0.25, 0.3) is 0 Å². The number of rotatable bonds is 3. The summed E-state index contributed by atoms with van der Waals surface area (Å²) >= 11 is 0. The topological polar surface area (TPSA) is 23.6 Å². The van der Waals surface area contributed by atoms with E-state index in [1.807, 2.05) is 38.1 Å². The summed E-state index contributed by atoms with van der Waals surface area (Å²) in [4.78, 5) is 17.4. The second-order valence-electron chi connectivity index (χ2n) is 7.10. The Kier molecular flexibility index (Phi) is 4.84. The Morgan fingerprint density at radius 2 is 1.57 bits per heavy atom. The Bertz CT molecular complexity index is 479. The average Bonchev–Trinajstić information content (AvgIpc) is 2.46. The highest BCUT2D eigenvalue weighted by Gasteiger charge is 2.30. The van der Waals surface area contributed by atoms with Crippen LogP contribution in [0, 0.1) is 6.92 Å². The van der Waals surface area contributed by atoms with E-state index in [-0.39, 0.29) is 17.4 Å². The summed E-state index contributed by atoms with van der Waals surface area (Å²) in [6, 6.07) is 7.88. The summed E-state index contributed by atoms with van der Waals surface area (Å²) < 4.78 is 0. The van der Waals surface area contributed by atoms with Crippen LogP contribution in [0.1, 0.15) is 43.6 Å². The summed E-state index contributed by atoms with van der Waals surface area (Å²) in [6.07, 6.45) is 0. The van der Waals surface area contributed by atoms with Gasteiger partial charge in [0, 0.05) is 37.3 Å². The molecule has 0 N–H and O–H groups in total. The molecule has 116 valence electrons. The van der Waals surface area contributed by atoms with Gasteiger partial charge in [-0.15, -0.1) is 0 Å². The quantitative estimate of drug-likeness (QED) is 0.799. The third kappa shape index (κ3) is 3.92. The van der Waals surface area contributed by atoms with Crippen LogP contribution in [0.2, 0.25) is 0 Å². The van der Waals surface area contributed by atoms with E-state index in [4.69, 9.17) is 0 Å². The van der Waals surface area contributed by atoms with E-state index in [0.29, 0.717) is 0 Å². The number of hydrogen-bond acceptors (Lipinski definition) is 3. The number of carbonyl (C=O) groups is 1. The Balaban J connectivity index is 1.97. The fourth-order valence-corrected chi connectivity index (χ4v) is 2.90. The summed E-state index contributed by atoms with van der Waals surface area (Å²) in [7, 11) is 0. The minimum absolute atomic E-state index is 0.0326. The van der Waals surface area contributed by atoms with Crippen LogP contribution in [-0.4, -0.2) is 53.3 Å². The van der Waals surface area contributed by atoms with E-state index in [0.717, 1.165) is 31.7 Å². The van der Waals surface area contributed by atoms with Crippen molar-refractivity contribution in [2.24, 2.45) is 0 Å². The molecule has 0 aliphatic carbocycles. The van der Waals surface area contributed by atoms with E-state index >= 15 is 0 Å². The van der Waals surface area contributed by atoms with Gasteiger partial charge in [-0.05, 0) is 34.6 Å². The molecule has 0 radical (unpaired) electrons. The van der Waals surface area contributed by atoms with Gasteiger partial charge in [-0.3, -0.25) is 14.6 Å². The van der Waals surface area contributed by atoms with Crippen molar-refractivity contribution in [3.05, 3.63) is 35.4 Å². The molecule has 0 amide bonds. The number of carbonyl (C=O) groups excluding carboxylic acids is 1. The predicted molar refractivity (Wildman–Crippen MR) is 87.9 cm³/mol. The average molecular weight is 288 g/mol. The van der Waals surface area contributed by atoms with E-state index in [9.17, 15) is 4.79 Å². The fraction of sp³-hybridized carbons (Fsp3) is 0.611. The molecule has 1 unspecified atom stereocenters. The fourth-order valence-electron chi connectivity index (χ4n) is 2.90. The lowest BCUT2D eigenvalue weighted by Crippen LogP contribution is -2.56. The van der Waals surface area contributed by atoms with Crippen LogP contribution in [0.4, 0.5) is 0 Å². The van der Waals surface area contributed by atoms with Crippen LogP contribution in [0.3, 0.4) is 0 Å². The van der Waals surface area contributed by atoms with Crippen molar-refractivity contribution < 1.29 is 4.79 Å². The van der Waals surface area contributed by atoms with Crippen molar-refractivity contribution in [1.29, 1.82) is 0 Å². The Labute approximate surface area is 128 Å². The van der Waals surface area contributed by atoms with Gasteiger partial charge in [0.2, 0.25) is 0 Å². The largest absolute Gasteiger partial charge is 0.296 e. The van der Waals surface area contributed by atoms with Crippen molar-refractivity contribution >= 4 is 5.78 Å². The molecule has 1 heterocycles. The first-order valence-corrected chi connectivity index (χ1v) is 7.89. The van der Waals surface area contributed by atoms with Crippen LogP contribution in [-0.2, 0) is 0 Å². The SMILES string of the molecule is Cc1ccc(C(=O)C(C)N2CCN(C(C)(C)C)CC2)cc1. The molecule has 1 aromatic carbocycles. The van der Waals surface area contributed by atoms with Gasteiger partial charge in [0.1, 0.15) is 0 Å². The number of benzene rings is 1. The second-order valence-corrected chi connectivity index (χ2v) is 7.10. The van der Waals surface area contributed by atoms with Gasteiger partial charge < -0.3 is 0 Å². The smallest absolute Gasteiger partial charge is 0.179 e. The number of Topliss-reactive ketones (excluding diaryl/α,β-unsaturated/α-hetero) is 1. The minimum atomic E-state index is -0.0326. The third-order valence-electron chi connectivity index (χ3n) is 4.53. The summed E-state index contributed by atoms with van der Waals surface area (Å²) in [5.41, 5.74) is 2.24. The highest BCUT2D eigenvalue weighted by Crippen LogP contribution is 2.18. The van der Waals surface area contributed by atoms with Gasteiger partial charge in [0.25, 0.3) is 0 Å². The summed E-state index contributed by atoms with van der Waals surface area (Å²) in [5.74, 6) is 0.235. The Hall–Kier alpha value is -1.19. The maximum absolute atomic E-state index is 12.6. The first-order chi connectivity index (χ1) is 9.79. The van der Waals surface area contributed by atoms with Gasteiger partial charge in [0.15, 0.2) is 5.78 Å². The third-order valence-corrected chi connectivity index (χ3v) is 4.53.